The highest BCUT2D eigenvalue weighted by molar-refractivity contribution is 7.99. The molecule has 8 heteroatoms. The monoisotopic (exact) mass is 398 g/mol. The van der Waals surface area contributed by atoms with Crippen molar-refractivity contribution in [3.63, 3.8) is 0 Å². The predicted octanol–water partition coefficient (Wildman–Crippen LogP) is 4.78. The summed E-state index contributed by atoms with van der Waals surface area (Å²) in [5.74, 6) is 1.05. The zero-order valence-corrected chi connectivity index (χ0v) is 15.0. The largest absolute Gasteiger partial charge is 0.416 e. The first-order chi connectivity index (χ1) is 12.3. The normalized spacial score (nSPS) is 19.5. The van der Waals surface area contributed by atoms with Crippen LogP contribution in [0.15, 0.2) is 42.5 Å². The Hall–Kier alpha value is -1.86. The number of carbonyl (C=O) groups excluding carboxylic acids is 1. The average molecular weight is 399 g/mol. The summed E-state index contributed by atoms with van der Waals surface area (Å²) >= 11 is 7.61. The van der Waals surface area contributed by atoms with E-state index in [-0.39, 0.29) is 18.5 Å². The first kappa shape index (κ1) is 17.5. The van der Waals surface area contributed by atoms with E-state index in [1.807, 2.05) is 11.0 Å². The van der Waals surface area contributed by atoms with Crippen molar-refractivity contribution in [3.05, 3.63) is 58.6 Å². The van der Waals surface area contributed by atoms with Crippen molar-refractivity contribution in [2.45, 2.75) is 18.8 Å². The SMILES string of the molecule is O=C1C2CSCN2c2ccc(C(F)(F)F)cc2N1Cc1cccc(Cl)c1. The van der Waals surface area contributed by atoms with Gasteiger partial charge in [-0.15, -0.1) is 11.8 Å². The average Bonchev–Trinajstić information content (AvgIpc) is 3.07. The van der Waals surface area contributed by atoms with Gasteiger partial charge in [0.15, 0.2) is 0 Å². The summed E-state index contributed by atoms with van der Waals surface area (Å²) in [7, 11) is 0. The maximum Gasteiger partial charge on any atom is 0.416 e. The van der Waals surface area contributed by atoms with E-state index in [1.165, 1.54) is 11.0 Å². The van der Waals surface area contributed by atoms with E-state index >= 15 is 0 Å². The fraction of sp³-hybridized carbons (Fsp3) is 0.278. The standard InChI is InChI=1S/C18H14ClF3N2OS/c19-13-3-1-2-11(6-13)8-23-15-7-12(18(20,21)22)4-5-14(15)24-10-26-9-16(24)17(23)25/h1-7,16H,8-10H2. The molecule has 1 fully saturated rings. The number of rotatable bonds is 2. The van der Waals surface area contributed by atoms with Crippen LogP contribution in [0.1, 0.15) is 11.1 Å². The van der Waals surface area contributed by atoms with Crippen molar-refractivity contribution in [2.75, 3.05) is 21.4 Å². The van der Waals surface area contributed by atoms with Gasteiger partial charge >= 0.3 is 6.18 Å². The second-order valence-corrected chi connectivity index (χ2v) is 7.68. The van der Waals surface area contributed by atoms with Gasteiger partial charge in [0, 0.05) is 10.8 Å². The molecule has 2 aromatic carbocycles. The first-order valence-electron chi connectivity index (χ1n) is 7.96. The van der Waals surface area contributed by atoms with Crippen molar-refractivity contribution in [1.82, 2.24) is 0 Å². The van der Waals surface area contributed by atoms with Crippen LogP contribution in [0.25, 0.3) is 0 Å². The lowest BCUT2D eigenvalue weighted by Gasteiger charge is -2.39. The molecule has 1 saturated heterocycles. The lowest BCUT2D eigenvalue weighted by molar-refractivity contribution is -0.137. The van der Waals surface area contributed by atoms with Crippen molar-refractivity contribution < 1.29 is 18.0 Å². The van der Waals surface area contributed by atoms with Gasteiger partial charge in [-0.2, -0.15) is 13.2 Å². The molecule has 1 amide bonds. The van der Waals surface area contributed by atoms with Crippen LogP contribution >= 0.6 is 23.4 Å². The number of nitrogens with zero attached hydrogens (tertiary/aromatic N) is 2. The summed E-state index contributed by atoms with van der Waals surface area (Å²) < 4.78 is 39.6. The lowest BCUT2D eigenvalue weighted by Crippen LogP contribution is -2.51. The molecule has 2 aliphatic rings. The third kappa shape index (κ3) is 3.03. The minimum Gasteiger partial charge on any atom is -0.348 e. The molecule has 26 heavy (non-hydrogen) atoms. The van der Waals surface area contributed by atoms with Crippen LogP contribution in [0, 0.1) is 0 Å². The number of thioether (sulfide) groups is 1. The molecule has 2 aliphatic heterocycles. The molecule has 4 rings (SSSR count). The minimum absolute atomic E-state index is 0.179. The molecule has 1 atom stereocenters. The first-order valence-corrected chi connectivity index (χ1v) is 9.49. The number of hydrogen-bond acceptors (Lipinski definition) is 3. The fourth-order valence-corrected chi connectivity index (χ4v) is 4.70. The number of alkyl halides is 3. The Bertz CT molecular complexity index is 874. The summed E-state index contributed by atoms with van der Waals surface area (Å²) in [5, 5.41) is 0.522. The van der Waals surface area contributed by atoms with Crippen molar-refractivity contribution in [2.24, 2.45) is 0 Å². The topological polar surface area (TPSA) is 23.6 Å². The van der Waals surface area contributed by atoms with E-state index in [1.54, 1.807) is 30.0 Å². The molecule has 2 heterocycles. The van der Waals surface area contributed by atoms with Crippen LogP contribution in [-0.2, 0) is 17.5 Å². The highest BCUT2D eigenvalue weighted by Gasteiger charge is 2.42. The molecular formula is C18H14ClF3N2OS. The summed E-state index contributed by atoms with van der Waals surface area (Å²) in [6, 6.07) is 10.3. The van der Waals surface area contributed by atoms with E-state index in [0.717, 1.165) is 17.7 Å². The zero-order valence-electron chi connectivity index (χ0n) is 13.5. The minimum atomic E-state index is -4.46. The molecule has 0 aromatic heterocycles. The van der Waals surface area contributed by atoms with Crippen LogP contribution < -0.4 is 9.80 Å². The van der Waals surface area contributed by atoms with E-state index in [4.69, 9.17) is 11.6 Å². The number of benzene rings is 2. The summed E-state index contributed by atoms with van der Waals surface area (Å²) in [4.78, 5) is 16.3. The van der Waals surface area contributed by atoms with Crippen LogP contribution in [-0.4, -0.2) is 23.6 Å². The quantitative estimate of drug-likeness (QED) is 0.727. The van der Waals surface area contributed by atoms with Crippen molar-refractivity contribution in [3.8, 4) is 0 Å². The predicted molar refractivity (Wildman–Crippen MR) is 97.7 cm³/mol. The molecule has 0 aliphatic carbocycles. The van der Waals surface area contributed by atoms with Gasteiger partial charge in [-0.1, -0.05) is 23.7 Å². The van der Waals surface area contributed by atoms with Gasteiger partial charge in [-0.3, -0.25) is 4.79 Å². The number of fused-ring (bicyclic) bond motifs is 3. The smallest absolute Gasteiger partial charge is 0.348 e. The molecule has 136 valence electrons. The molecule has 0 N–H and O–H groups in total. The number of anilines is 2. The van der Waals surface area contributed by atoms with Gasteiger partial charge in [0.05, 0.1) is 29.4 Å². The van der Waals surface area contributed by atoms with E-state index in [0.29, 0.717) is 28.0 Å². The Morgan fingerprint density at radius 1 is 1.15 bits per heavy atom. The van der Waals surface area contributed by atoms with Crippen LogP contribution in [0.5, 0.6) is 0 Å². The third-order valence-corrected chi connectivity index (χ3v) is 5.81. The molecule has 0 spiro atoms. The van der Waals surface area contributed by atoms with E-state index < -0.39 is 11.7 Å². The number of halogens is 4. The van der Waals surface area contributed by atoms with E-state index in [2.05, 4.69) is 0 Å². The van der Waals surface area contributed by atoms with Gasteiger partial charge < -0.3 is 9.80 Å². The Morgan fingerprint density at radius 3 is 2.69 bits per heavy atom. The second-order valence-electron chi connectivity index (χ2n) is 6.24. The molecule has 3 nitrogen and oxygen atoms in total. The Balaban J connectivity index is 1.80. The second kappa shape index (κ2) is 6.39. The summed E-state index contributed by atoms with van der Waals surface area (Å²) in [6.45, 7) is 0.183. The van der Waals surface area contributed by atoms with E-state index in [9.17, 15) is 18.0 Å². The van der Waals surface area contributed by atoms with Gasteiger partial charge in [0.2, 0.25) is 0 Å². The maximum absolute atomic E-state index is 13.2. The molecule has 0 radical (unpaired) electrons. The molecule has 2 aromatic rings. The number of amides is 1. The van der Waals surface area contributed by atoms with Crippen molar-refractivity contribution in [1.29, 1.82) is 0 Å². The van der Waals surface area contributed by atoms with Gasteiger partial charge in [0.25, 0.3) is 5.91 Å². The van der Waals surface area contributed by atoms with Crippen LogP contribution in [0.2, 0.25) is 5.02 Å². The zero-order chi connectivity index (χ0) is 18.5. The maximum atomic E-state index is 13.2. The Morgan fingerprint density at radius 2 is 1.96 bits per heavy atom. The molecule has 0 saturated carbocycles. The Kier molecular flexibility index (Phi) is 4.31. The van der Waals surface area contributed by atoms with Crippen LogP contribution in [0.4, 0.5) is 24.5 Å². The van der Waals surface area contributed by atoms with Gasteiger partial charge in [-0.05, 0) is 35.9 Å². The van der Waals surface area contributed by atoms with Gasteiger partial charge in [-0.25, -0.2) is 0 Å². The summed E-state index contributed by atoms with van der Waals surface area (Å²) in [6.07, 6.45) is -4.46. The third-order valence-electron chi connectivity index (χ3n) is 4.57. The highest BCUT2D eigenvalue weighted by atomic mass is 35.5. The number of carbonyl (C=O) groups is 1. The molecule has 0 bridgehead atoms. The van der Waals surface area contributed by atoms with Crippen molar-refractivity contribution >= 4 is 40.6 Å². The highest BCUT2D eigenvalue weighted by Crippen LogP contribution is 2.44. The van der Waals surface area contributed by atoms with Gasteiger partial charge in [0.1, 0.15) is 6.04 Å². The lowest BCUT2D eigenvalue weighted by atomic mass is 10.0. The molecular weight excluding hydrogens is 385 g/mol. The fourth-order valence-electron chi connectivity index (χ4n) is 3.32. The molecule has 1 unspecified atom stereocenters. The van der Waals surface area contributed by atoms with Crippen LogP contribution in [0.3, 0.4) is 0 Å². The summed E-state index contributed by atoms with van der Waals surface area (Å²) in [5.41, 5.74) is 0.969. The number of hydrogen-bond donors (Lipinski definition) is 0. The Labute approximate surface area is 157 Å².